The Hall–Kier alpha value is -0.140. The number of hydrogen-bond acceptors (Lipinski definition) is 0. The van der Waals surface area contributed by atoms with Crippen LogP contribution in [-0.4, -0.2) is 5.92 Å². The summed E-state index contributed by atoms with van der Waals surface area (Å²) in [5.41, 5.74) is -1.21. The van der Waals surface area contributed by atoms with Crippen molar-refractivity contribution in [3.8, 4) is 0 Å². The van der Waals surface area contributed by atoms with E-state index in [1.165, 1.54) is 0 Å². The molecule has 0 aromatic carbocycles. The third-order valence-electron chi connectivity index (χ3n) is 1.68. The predicted molar refractivity (Wildman–Crippen MR) is 21.2 cm³/mol. The Labute approximate surface area is 43.3 Å². The molecule has 0 N–H and O–H groups in total. The molecule has 2 rings (SSSR count). The van der Waals surface area contributed by atoms with Gasteiger partial charge >= 0.3 is 0 Å². The van der Waals surface area contributed by atoms with Crippen LogP contribution in [0.5, 0.6) is 0 Å². The van der Waals surface area contributed by atoms with Crippen LogP contribution in [-0.2, 0) is 0 Å². The van der Waals surface area contributed by atoms with Crippen LogP contribution >= 0.6 is 0 Å². The van der Waals surface area contributed by atoms with E-state index in [0.29, 0.717) is 12.8 Å². The lowest BCUT2D eigenvalue weighted by atomic mass is 10.4. The second kappa shape index (κ2) is 0.627. The Bertz CT molecular complexity index is 145. The maximum Gasteiger partial charge on any atom is 0.254 e. The fourth-order valence-electron chi connectivity index (χ4n) is 0.833. The average Bonchev–Trinajstić information content (AvgIpc) is 2.45. The molecule has 2 heteroatoms. The Morgan fingerprint density at radius 3 is 1.86 bits per heavy atom. The Morgan fingerprint density at radius 2 is 1.86 bits per heavy atom. The van der Waals surface area contributed by atoms with Crippen molar-refractivity contribution in [2.75, 3.05) is 0 Å². The molecular formula is C5H6F2. The van der Waals surface area contributed by atoms with Gasteiger partial charge < -0.3 is 0 Å². The molecule has 2 aliphatic carbocycles. The van der Waals surface area contributed by atoms with Crippen molar-refractivity contribution < 1.29 is 11.5 Å². The summed E-state index contributed by atoms with van der Waals surface area (Å²) < 4.78 is 38.4. The average molecular weight is 106 g/mol. The van der Waals surface area contributed by atoms with Gasteiger partial charge in [0.2, 0.25) is 0 Å². The first-order valence-corrected chi connectivity index (χ1v) is 2.34. The molecule has 0 nitrogen and oxygen atoms in total. The molecule has 0 atom stereocenters. The summed E-state index contributed by atoms with van der Waals surface area (Å²) in [6.45, 7) is 0. The van der Waals surface area contributed by atoms with Gasteiger partial charge in [-0.15, -0.1) is 0 Å². The van der Waals surface area contributed by atoms with Gasteiger partial charge in [-0.3, -0.25) is 0 Å². The van der Waals surface area contributed by atoms with E-state index in [-0.39, 0.29) is 0 Å². The summed E-state index contributed by atoms with van der Waals surface area (Å²) in [5, 5.41) is 0. The van der Waals surface area contributed by atoms with Gasteiger partial charge in [-0.25, -0.2) is 8.78 Å². The molecule has 2 aliphatic rings. The van der Waals surface area contributed by atoms with Gasteiger partial charge in [0.25, 0.3) is 5.92 Å². The fraction of sp³-hybridized carbons (Fsp3) is 1.00. The van der Waals surface area contributed by atoms with E-state index in [2.05, 4.69) is 0 Å². The van der Waals surface area contributed by atoms with Crippen molar-refractivity contribution in [1.29, 1.82) is 0 Å². The zero-order chi connectivity index (χ0) is 6.91. The van der Waals surface area contributed by atoms with Crippen molar-refractivity contribution in [3.63, 3.8) is 0 Å². The van der Waals surface area contributed by atoms with Crippen LogP contribution < -0.4 is 0 Å². The van der Waals surface area contributed by atoms with Crippen LogP contribution in [0.1, 0.15) is 22.0 Å². The van der Waals surface area contributed by atoms with Crippen molar-refractivity contribution >= 4 is 0 Å². The maximum absolute atomic E-state index is 12.4. The SMILES string of the molecule is [2H]C1([2H])C(F)(F)C12CC2. The summed E-state index contributed by atoms with van der Waals surface area (Å²) >= 11 is 0. The number of hydrogen-bond donors (Lipinski definition) is 0. The van der Waals surface area contributed by atoms with Crippen LogP contribution in [0.4, 0.5) is 8.78 Å². The third-order valence-corrected chi connectivity index (χ3v) is 1.68. The summed E-state index contributed by atoms with van der Waals surface area (Å²) in [4.78, 5) is 0. The summed E-state index contributed by atoms with van der Waals surface area (Å²) in [7, 11) is 0. The van der Waals surface area contributed by atoms with Crippen LogP contribution in [0.15, 0.2) is 0 Å². The van der Waals surface area contributed by atoms with Gasteiger partial charge in [0.05, 0.1) is 0 Å². The molecule has 0 saturated heterocycles. The molecule has 0 amide bonds. The van der Waals surface area contributed by atoms with Crippen molar-refractivity contribution in [1.82, 2.24) is 0 Å². The van der Waals surface area contributed by atoms with Gasteiger partial charge in [0.1, 0.15) is 0 Å². The molecule has 0 radical (unpaired) electrons. The van der Waals surface area contributed by atoms with Crippen LogP contribution in [0, 0.1) is 5.41 Å². The Morgan fingerprint density at radius 1 is 1.43 bits per heavy atom. The minimum atomic E-state index is -3.01. The second-order valence-corrected chi connectivity index (χ2v) is 2.28. The molecule has 7 heavy (non-hydrogen) atoms. The highest BCUT2D eigenvalue weighted by molar-refractivity contribution is 5.19. The van der Waals surface area contributed by atoms with E-state index in [1.54, 1.807) is 0 Å². The highest BCUT2D eigenvalue weighted by Gasteiger charge is 2.77. The van der Waals surface area contributed by atoms with E-state index in [1.807, 2.05) is 0 Å². The minimum absolute atomic E-state index is 0.368. The first-order valence-electron chi connectivity index (χ1n) is 3.34. The monoisotopic (exact) mass is 106 g/mol. The molecule has 2 saturated carbocycles. The van der Waals surface area contributed by atoms with Gasteiger partial charge in [-0.05, 0) is 12.8 Å². The molecule has 0 bridgehead atoms. The fourth-order valence-corrected chi connectivity index (χ4v) is 0.833. The zero-order valence-electron chi connectivity index (χ0n) is 5.67. The second-order valence-electron chi connectivity index (χ2n) is 2.28. The van der Waals surface area contributed by atoms with Gasteiger partial charge in [-0.2, -0.15) is 0 Å². The van der Waals surface area contributed by atoms with E-state index >= 15 is 0 Å². The van der Waals surface area contributed by atoms with E-state index in [9.17, 15) is 8.78 Å². The van der Waals surface area contributed by atoms with Crippen molar-refractivity contribution in [2.45, 2.75) is 25.1 Å². The lowest BCUT2D eigenvalue weighted by Gasteiger charge is -1.84. The van der Waals surface area contributed by atoms with Crippen molar-refractivity contribution in [3.05, 3.63) is 0 Å². The summed E-state index contributed by atoms with van der Waals surface area (Å²) in [6.07, 6.45) is -1.44. The van der Waals surface area contributed by atoms with Crippen LogP contribution in [0.3, 0.4) is 0 Å². The molecule has 0 aromatic rings. The third kappa shape index (κ3) is 0.274. The molecule has 40 valence electrons. The number of alkyl halides is 2. The summed E-state index contributed by atoms with van der Waals surface area (Å²) in [6, 6.07) is 0. The molecule has 2 fully saturated rings. The van der Waals surface area contributed by atoms with E-state index < -0.39 is 17.7 Å². The number of halogens is 2. The predicted octanol–water partition coefficient (Wildman–Crippen LogP) is 1.81. The van der Waals surface area contributed by atoms with E-state index in [0.717, 1.165) is 0 Å². The molecule has 0 aromatic heterocycles. The molecule has 0 aliphatic heterocycles. The lowest BCUT2D eigenvalue weighted by molar-refractivity contribution is 0.0933. The highest BCUT2D eigenvalue weighted by Crippen LogP contribution is 2.75. The first-order chi connectivity index (χ1) is 3.96. The number of rotatable bonds is 0. The largest absolute Gasteiger partial charge is 0.254 e. The van der Waals surface area contributed by atoms with Crippen molar-refractivity contribution in [2.24, 2.45) is 5.41 Å². The van der Waals surface area contributed by atoms with E-state index in [4.69, 9.17) is 2.74 Å². The standard InChI is InChI=1S/C5H6F2/c6-5(7)3-4(5)1-2-4/h1-3H2/i3D2. The molecular weight excluding hydrogens is 98.1 g/mol. The summed E-state index contributed by atoms with van der Waals surface area (Å²) in [5.74, 6) is -3.01. The van der Waals surface area contributed by atoms with Crippen LogP contribution in [0.2, 0.25) is 0 Å². The quantitative estimate of drug-likeness (QED) is 0.441. The molecule has 0 heterocycles. The lowest BCUT2D eigenvalue weighted by Crippen LogP contribution is -1.90. The first kappa shape index (κ1) is 2.42. The molecule has 1 spiro atoms. The molecule has 0 unspecified atom stereocenters. The zero-order valence-corrected chi connectivity index (χ0v) is 3.67. The van der Waals surface area contributed by atoms with Gasteiger partial charge in [0.15, 0.2) is 0 Å². The van der Waals surface area contributed by atoms with Gasteiger partial charge in [0, 0.05) is 14.5 Å². The van der Waals surface area contributed by atoms with Crippen LogP contribution in [0.25, 0.3) is 0 Å². The highest BCUT2D eigenvalue weighted by atomic mass is 19.3. The normalized spacial score (nSPS) is 50.0. The Kier molecular flexibility index (Phi) is 0.217. The smallest absolute Gasteiger partial charge is 0.206 e. The Balaban J connectivity index is 2.36. The van der Waals surface area contributed by atoms with Gasteiger partial charge in [-0.1, -0.05) is 0 Å². The minimum Gasteiger partial charge on any atom is -0.206 e. The maximum atomic E-state index is 12.4. The topological polar surface area (TPSA) is 0 Å².